The lowest BCUT2D eigenvalue weighted by molar-refractivity contribution is -0.118. The predicted molar refractivity (Wildman–Crippen MR) is 59.0 cm³/mol. The standard InChI is InChI=1S/C12H11N3O2/c16-12(13-7-1-2-17-5-7)11-9-4-6-3-8(6)10(9)14-15-11/h4,7H,1-3,5H2,(H,13,16)/t7-/m1/s1. The first-order valence-electron chi connectivity index (χ1n) is 5.82. The quantitative estimate of drug-likeness (QED) is 0.773. The van der Waals surface area contributed by atoms with E-state index in [1.807, 2.05) is 6.08 Å². The maximum absolute atomic E-state index is 12.0. The van der Waals surface area contributed by atoms with Crippen molar-refractivity contribution < 1.29 is 9.53 Å². The van der Waals surface area contributed by atoms with Crippen LogP contribution in [0.25, 0.3) is 0 Å². The summed E-state index contributed by atoms with van der Waals surface area (Å²) in [4.78, 5) is 12.0. The number of hydrogen-bond donors (Lipinski definition) is 1. The van der Waals surface area contributed by atoms with E-state index in [9.17, 15) is 4.79 Å². The van der Waals surface area contributed by atoms with Gasteiger partial charge in [-0.05, 0) is 23.6 Å². The SMILES string of the molecule is O=C(N[C@@H]1CCOC1)C1=C2C=C3CC3=C2N=N1. The molecule has 0 aromatic carbocycles. The molecule has 0 unspecified atom stereocenters. The minimum absolute atomic E-state index is 0.117. The Labute approximate surface area is 97.9 Å². The van der Waals surface area contributed by atoms with Crippen molar-refractivity contribution in [2.45, 2.75) is 18.9 Å². The number of ether oxygens (including phenoxy) is 1. The second kappa shape index (κ2) is 3.13. The molecule has 1 saturated heterocycles. The largest absolute Gasteiger partial charge is 0.379 e. The summed E-state index contributed by atoms with van der Waals surface area (Å²) < 4.78 is 5.23. The number of rotatable bonds is 2. The number of carbonyl (C=O) groups is 1. The molecule has 2 aliphatic carbocycles. The molecule has 1 saturated carbocycles. The Balaban J connectivity index is 1.58. The lowest BCUT2D eigenvalue weighted by Gasteiger charge is -2.09. The van der Waals surface area contributed by atoms with E-state index in [1.54, 1.807) is 0 Å². The molecule has 0 spiro atoms. The first-order valence-corrected chi connectivity index (χ1v) is 5.82. The van der Waals surface area contributed by atoms with Crippen LogP contribution in [0.3, 0.4) is 0 Å². The molecule has 0 aromatic rings. The maximum Gasteiger partial charge on any atom is 0.272 e. The van der Waals surface area contributed by atoms with Gasteiger partial charge in [-0.15, -0.1) is 10.2 Å². The first-order chi connectivity index (χ1) is 8.33. The van der Waals surface area contributed by atoms with Crippen molar-refractivity contribution in [1.29, 1.82) is 0 Å². The zero-order valence-electron chi connectivity index (χ0n) is 9.19. The van der Waals surface area contributed by atoms with Crippen molar-refractivity contribution >= 4 is 5.91 Å². The second-order valence-corrected chi connectivity index (χ2v) is 4.67. The fourth-order valence-electron chi connectivity index (χ4n) is 2.44. The van der Waals surface area contributed by atoms with Crippen LogP contribution in [0.4, 0.5) is 0 Å². The van der Waals surface area contributed by atoms with Gasteiger partial charge in [0.25, 0.3) is 5.91 Å². The van der Waals surface area contributed by atoms with Gasteiger partial charge in [0.1, 0.15) is 0 Å². The number of allylic oxidation sites excluding steroid dienone is 3. The van der Waals surface area contributed by atoms with Gasteiger partial charge in [0.15, 0.2) is 5.70 Å². The van der Waals surface area contributed by atoms with Crippen LogP contribution in [0, 0.1) is 0 Å². The molecule has 2 aliphatic heterocycles. The lowest BCUT2D eigenvalue weighted by Crippen LogP contribution is -2.35. The Bertz CT molecular complexity index is 548. The second-order valence-electron chi connectivity index (χ2n) is 4.67. The summed E-state index contributed by atoms with van der Waals surface area (Å²) in [5.41, 5.74) is 4.84. The summed E-state index contributed by atoms with van der Waals surface area (Å²) in [6.07, 6.45) is 3.93. The zero-order chi connectivity index (χ0) is 11.4. The molecule has 1 N–H and O–H groups in total. The van der Waals surface area contributed by atoms with Crippen LogP contribution in [0.5, 0.6) is 0 Å². The van der Waals surface area contributed by atoms with Crippen molar-refractivity contribution in [3.05, 3.63) is 34.2 Å². The van der Waals surface area contributed by atoms with Gasteiger partial charge in [-0.3, -0.25) is 4.79 Å². The predicted octanol–water partition coefficient (Wildman–Crippen LogP) is 1.21. The molecule has 5 heteroatoms. The number of carbonyl (C=O) groups excluding carboxylic acids is 1. The Morgan fingerprint density at radius 1 is 1.47 bits per heavy atom. The van der Waals surface area contributed by atoms with Crippen molar-refractivity contribution in [3.63, 3.8) is 0 Å². The third-order valence-electron chi connectivity index (χ3n) is 3.47. The Hall–Kier alpha value is -1.75. The summed E-state index contributed by atoms with van der Waals surface area (Å²) in [6.45, 7) is 1.32. The highest BCUT2D eigenvalue weighted by atomic mass is 16.5. The minimum Gasteiger partial charge on any atom is -0.379 e. The number of amides is 1. The van der Waals surface area contributed by atoms with Crippen LogP contribution in [0.2, 0.25) is 0 Å². The Kier molecular flexibility index (Phi) is 1.71. The third kappa shape index (κ3) is 1.32. The van der Waals surface area contributed by atoms with E-state index < -0.39 is 0 Å². The highest BCUT2D eigenvalue weighted by Gasteiger charge is 2.38. The van der Waals surface area contributed by atoms with Gasteiger partial charge in [0, 0.05) is 18.6 Å². The van der Waals surface area contributed by atoms with Gasteiger partial charge in [-0.1, -0.05) is 0 Å². The van der Waals surface area contributed by atoms with Crippen LogP contribution in [-0.4, -0.2) is 25.2 Å². The maximum atomic E-state index is 12.0. The molecule has 1 amide bonds. The molecule has 86 valence electrons. The van der Waals surface area contributed by atoms with Crippen LogP contribution in [0.15, 0.2) is 44.4 Å². The van der Waals surface area contributed by atoms with Crippen molar-refractivity contribution in [1.82, 2.24) is 5.32 Å². The molecule has 17 heavy (non-hydrogen) atoms. The van der Waals surface area contributed by atoms with Crippen LogP contribution in [0.1, 0.15) is 12.8 Å². The summed E-state index contributed by atoms with van der Waals surface area (Å²) in [5.74, 6) is -0.131. The van der Waals surface area contributed by atoms with Gasteiger partial charge in [0.2, 0.25) is 0 Å². The topological polar surface area (TPSA) is 63.0 Å². The Morgan fingerprint density at radius 2 is 2.41 bits per heavy atom. The van der Waals surface area contributed by atoms with E-state index in [-0.39, 0.29) is 11.9 Å². The number of fused-ring (bicyclic) bond motifs is 2. The van der Waals surface area contributed by atoms with Crippen molar-refractivity contribution in [3.8, 4) is 0 Å². The third-order valence-corrected chi connectivity index (χ3v) is 3.47. The summed E-state index contributed by atoms with van der Waals surface area (Å²) in [6, 6.07) is 0.117. The van der Waals surface area contributed by atoms with Gasteiger partial charge in [-0.25, -0.2) is 0 Å². The molecule has 1 atom stereocenters. The normalized spacial score (nSPS) is 28.5. The van der Waals surface area contributed by atoms with Gasteiger partial charge in [0.05, 0.1) is 18.3 Å². The molecule has 5 nitrogen and oxygen atoms in total. The summed E-state index contributed by atoms with van der Waals surface area (Å²) >= 11 is 0. The average molecular weight is 229 g/mol. The highest BCUT2D eigenvalue weighted by molar-refractivity contribution is 5.97. The van der Waals surface area contributed by atoms with Crippen LogP contribution in [-0.2, 0) is 9.53 Å². The highest BCUT2D eigenvalue weighted by Crippen LogP contribution is 2.51. The molecule has 4 aliphatic rings. The molecule has 2 heterocycles. The number of nitrogens with one attached hydrogen (secondary N) is 1. The van der Waals surface area contributed by atoms with Gasteiger partial charge in [-0.2, -0.15) is 0 Å². The van der Waals surface area contributed by atoms with Crippen molar-refractivity contribution in [2.24, 2.45) is 10.2 Å². The zero-order valence-corrected chi connectivity index (χ0v) is 9.19. The fraction of sp³-hybridized carbons (Fsp3) is 0.417. The van der Waals surface area contributed by atoms with E-state index in [2.05, 4.69) is 15.5 Å². The average Bonchev–Trinajstić information content (AvgIpc) is 2.75. The number of azo groups is 1. The van der Waals surface area contributed by atoms with Crippen LogP contribution < -0.4 is 5.32 Å². The Morgan fingerprint density at radius 3 is 3.24 bits per heavy atom. The van der Waals surface area contributed by atoms with E-state index in [4.69, 9.17) is 4.74 Å². The number of nitrogens with zero attached hydrogens (tertiary/aromatic N) is 2. The molecule has 0 radical (unpaired) electrons. The van der Waals surface area contributed by atoms with E-state index >= 15 is 0 Å². The molecule has 0 bridgehead atoms. The van der Waals surface area contributed by atoms with Gasteiger partial charge >= 0.3 is 0 Å². The van der Waals surface area contributed by atoms with Crippen LogP contribution >= 0.6 is 0 Å². The molecular weight excluding hydrogens is 218 g/mol. The summed E-state index contributed by atoms with van der Waals surface area (Å²) in [5, 5.41) is 11.0. The van der Waals surface area contributed by atoms with Crippen molar-refractivity contribution in [2.75, 3.05) is 13.2 Å². The van der Waals surface area contributed by atoms with E-state index in [0.29, 0.717) is 12.3 Å². The molecule has 2 fully saturated rings. The monoisotopic (exact) mass is 229 g/mol. The van der Waals surface area contributed by atoms with E-state index in [0.717, 1.165) is 30.7 Å². The molecule has 4 rings (SSSR count). The number of hydrogen-bond acceptors (Lipinski definition) is 4. The summed E-state index contributed by atoms with van der Waals surface area (Å²) in [7, 11) is 0. The van der Waals surface area contributed by atoms with Gasteiger partial charge < -0.3 is 10.1 Å². The van der Waals surface area contributed by atoms with E-state index in [1.165, 1.54) is 11.1 Å². The minimum atomic E-state index is -0.131. The first kappa shape index (κ1) is 9.30. The molecular formula is C12H11N3O2. The smallest absolute Gasteiger partial charge is 0.272 e. The molecule has 0 aromatic heterocycles. The fourth-order valence-corrected chi connectivity index (χ4v) is 2.44. The lowest BCUT2D eigenvalue weighted by atomic mass is 10.1.